The number of benzene rings is 1. The number of hydrogen-bond donors (Lipinski definition) is 2. The van der Waals surface area contributed by atoms with Crippen molar-refractivity contribution >= 4 is 53.3 Å². The zero-order chi connectivity index (χ0) is 20.5. The van der Waals surface area contributed by atoms with Crippen molar-refractivity contribution in [3.63, 3.8) is 0 Å². The van der Waals surface area contributed by atoms with Gasteiger partial charge in [0.05, 0.1) is 12.0 Å². The van der Waals surface area contributed by atoms with Gasteiger partial charge < -0.3 is 19.5 Å². The Morgan fingerprint density at radius 1 is 1.13 bits per heavy atom. The molecule has 0 atom stereocenters. The molecule has 6 nitrogen and oxygen atoms in total. The fourth-order valence-electron chi connectivity index (χ4n) is 2.56. The van der Waals surface area contributed by atoms with Crippen LogP contribution in [0.2, 0.25) is 5.02 Å². The molecule has 0 unspecified atom stereocenters. The van der Waals surface area contributed by atoms with Gasteiger partial charge in [-0.25, -0.2) is 9.98 Å². The molecule has 0 aliphatic rings. The summed E-state index contributed by atoms with van der Waals surface area (Å²) >= 11 is 7.69. The zero-order valence-electron chi connectivity index (χ0n) is 17.0. The summed E-state index contributed by atoms with van der Waals surface area (Å²) in [6.45, 7) is 5.71. The van der Waals surface area contributed by atoms with E-state index in [0.717, 1.165) is 46.9 Å². The number of nitrogens with zero attached hydrogens (tertiary/aromatic N) is 2. The predicted molar refractivity (Wildman–Crippen MR) is 133 cm³/mol. The van der Waals surface area contributed by atoms with Crippen LogP contribution in [0.25, 0.3) is 0 Å². The Balaban J connectivity index is 0.00000320. The van der Waals surface area contributed by atoms with Gasteiger partial charge >= 0.3 is 0 Å². The molecule has 0 aliphatic heterocycles. The van der Waals surface area contributed by atoms with Crippen LogP contribution in [-0.2, 0) is 13.0 Å². The number of nitrogens with one attached hydrogen (secondary N) is 2. The van der Waals surface area contributed by atoms with Crippen LogP contribution in [0.5, 0.6) is 0 Å². The first kappa shape index (κ1) is 24.6. The van der Waals surface area contributed by atoms with Crippen LogP contribution in [-0.4, -0.2) is 29.8 Å². The highest BCUT2D eigenvalue weighted by Crippen LogP contribution is 2.19. The van der Waals surface area contributed by atoms with Crippen molar-refractivity contribution in [2.24, 2.45) is 4.99 Å². The molecule has 30 heavy (non-hydrogen) atoms. The average molecular weight is 561 g/mol. The van der Waals surface area contributed by atoms with Crippen molar-refractivity contribution in [2.45, 2.75) is 31.7 Å². The molecule has 9 heteroatoms. The van der Waals surface area contributed by atoms with E-state index in [1.807, 2.05) is 50.2 Å². The topological polar surface area (TPSA) is 75.6 Å². The molecule has 0 spiro atoms. The van der Waals surface area contributed by atoms with Gasteiger partial charge in [-0.1, -0.05) is 11.6 Å². The van der Waals surface area contributed by atoms with Gasteiger partial charge in [-0.3, -0.25) is 0 Å². The highest BCUT2D eigenvalue weighted by Gasteiger charge is 2.06. The number of rotatable bonds is 9. The summed E-state index contributed by atoms with van der Waals surface area (Å²) in [6, 6.07) is 11.7. The lowest BCUT2D eigenvalue weighted by Gasteiger charge is -2.12. The molecule has 0 bridgehead atoms. The van der Waals surface area contributed by atoms with Crippen molar-refractivity contribution < 1.29 is 8.83 Å². The van der Waals surface area contributed by atoms with Crippen LogP contribution in [0.1, 0.15) is 23.1 Å². The van der Waals surface area contributed by atoms with E-state index in [2.05, 4.69) is 20.6 Å². The number of aromatic nitrogens is 1. The third-order valence-corrected chi connectivity index (χ3v) is 5.43. The maximum atomic E-state index is 5.93. The fourth-order valence-corrected chi connectivity index (χ4v) is 3.45. The maximum Gasteiger partial charge on any atom is 0.216 e. The first-order valence-electron chi connectivity index (χ1n) is 9.46. The van der Waals surface area contributed by atoms with Gasteiger partial charge in [0.25, 0.3) is 0 Å². The summed E-state index contributed by atoms with van der Waals surface area (Å²) in [5, 5.41) is 7.45. The Morgan fingerprint density at radius 3 is 2.57 bits per heavy atom. The molecule has 0 saturated heterocycles. The van der Waals surface area contributed by atoms with Gasteiger partial charge in [-0.05, 0) is 50.2 Å². The highest BCUT2D eigenvalue weighted by molar-refractivity contribution is 14.0. The van der Waals surface area contributed by atoms with Gasteiger partial charge in [0.1, 0.15) is 18.1 Å². The lowest BCUT2D eigenvalue weighted by molar-refractivity contribution is 0.472. The minimum atomic E-state index is 0. The van der Waals surface area contributed by atoms with Crippen LogP contribution >= 0.6 is 47.3 Å². The van der Waals surface area contributed by atoms with Crippen molar-refractivity contribution in [3.8, 4) is 0 Å². The SMILES string of the molecule is Cc1nc(CN=C(NCCSc2ccc(Cl)cc2)NCCc2ccco2)oc1C.I. The minimum absolute atomic E-state index is 0. The van der Waals surface area contributed by atoms with Crippen LogP contribution in [0, 0.1) is 13.8 Å². The fraction of sp³-hybridized carbons (Fsp3) is 0.333. The molecule has 3 rings (SSSR count). The van der Waals surface area contributed by atoms with E-state index in [9.17, 15) is 0 Å². The van der Waals surface area contributed by atoms with Gasteiger partial charge in [0.2, 0.25) is 5.89 Å². The molecule has 162 valence electrons. The molecule has 0 fully saturated rings. The second-order valence-electron chi connectivity index (χ2n) is 6.40. The quantitative estimate of drug-likeness (QED) is 0.123. The summed E-state index contributed by atoms with van der Waals surface area (Å²) in [7, 11) is 0. The van der Waals surface area contributed by atoms with Crippen LogP contribution in [0.15, 0.2) is 61.4 Å². The first-order chi connectivity index (χ1) is 14.1. The van der Waals surface area contributed by atoms with E-state index in [1.54, 1.807) is 18.0 Å². The largest absolute Gasteiger partial charge is 0.469 e. The number of thioether (sulfide) groups is 1. The summed E-state index contributed by atoms with van der Waals surface area (Å²) in [4.78, 5) is 10.2. The Bertz CT molecular complexity index is 894. The molecule has 2 heterocycles. The van der Waals surface area contributed by atoms with Crippen LogP contribution < -0.4 is 10.6 Å². The normalized spacial score (nSPS) is 11.2. The Morgan fingerprint density at radius 2 is 1.90 bits per heavy atom. The van der Waals surface area contributed by atoms with Crippen LogP contribution in [0.3, 0.4) is 0 Å². The van der Waals surface area contributed by atoms with Gasteiger partial charge in [0, 0.05) is 35.2 Å². The van der Waals surface area contributed by atoms with Crippen molar-refractivity contribution in [1.29, 1.82) is 0 Å². The third kappa shape index (κ3) is 8.23. The number of aliphatic imine (C=N–C) groups is 1. The molecule has 0 aliphatic carbocycles. The molecule has 3 aromatic rings. The Labute approximate surface area is 203 Å². The number of oxazole rings is 1. The molecular weight excluding hydrogens is 535 g/mol. The second kappa shape index (κ2) is 12.9. The van der Waals surface area contributed by atoms with E-state index >= 15 is 0 Å². The number of aryl methyl sites for hydroxylation is 2. The smallest absolute Gasteiger partial charge is 0.216 e. The molecule has 0 amide bonds. The third-order valence-electron chi connectivity index (χ3n) is 4.17. The van der Waals surface area contributed by atoms with E-state index in [4.69, 9.17) is 20.4 Å². The predicted octanol–water partition coefficient (Wildman–Crippen LogP) is 5.23. The second-order valence-corrected chi connectivity index (χ2v) is 8.00. The zero-order valence-corrected chi connectivity index (χ0v) is 20.9. The van der Waals surface area contributed by atoms with Gasteiger partial charge in [0.15, 0.2) is 5.96 Å². The van der Waals surface area contributed by atoms with Crippen molar-refractivity contribution in [2.75, 3.05) is 18.8 Å². The van der Waals surface area contributed by atoms with Crippen molar-refractivity contribution in [3.05, 3.63) is 70.8 Å². The Kier molecular flexibility index (Phi) is 10.6. The molecule has 2 aromatic heterocycles. The average Bonchev–Trinajstić information content (AvgIpc) is 3.34. The summed E-state index contributed by atoms with van der Waals surface area (Å²) in [6.07, 6.45) is 2.47. The van der Waals surface area contributed by atoms with E-state index < -0.39 is 0 Å². The lowest BCUT2D eigenvalue weighted by Crippen LogP contribution is -2.39. The summed E-state index contributed by atoms with van der Waals surface area (Å²) in [5.74, 6) is 4.01. The standard InChI is InChI=1S/C21H25ClN4O2S.HI/c1-15-16(2)28-20(26-15)14-25-21(23-10-9-18-4-3-12-27-18)24-11-13-29-19-7-5-17(22)6-8-19;/h3-8,12H,9-11,13-14H2,1-2H3,(H2,23,24,25);1H. The summed E-state index contributed by atoms with van der Waals surface area (Å²) < 4.78 is 11.0. The highest BCUT2D eigenvalue weighted by atomic mass is 127. The molecular formula is C21H26ClIN4O2S. The lowest BCUT2D eigenvalue weighted by atomic mass is 10.3. The summed E-state index contributed by atoms with van der Waals surface area (Å²) in [5.41, 5.74) is 0.898. The monoisotopic (exact) mass is 560 g/mol. The van der Waals surface area contributed by atoms with E-state index in [1.165, 1.54) is 4.90 Å². The molecule has 0 saturated carbocycles. The Hall–Kier alpha value is -1.65. The van der Waals surface area contributed by atoms with E-state index in [-0.39, 0.29) is 24.0 Å². The van der Waals surface area contributed by atoms with Crippen molar-refractivity contribution in [1.82, 2.24) is 15.6 Å². The molecule has 1 aromatic carbocycles. The van der Waals surface area contributed by atoms with Gasteiger partial charge in [-0.2, -0.15) is 0 Å². The number of halogens is 2. The van der Waals surface area contributed by atoms with E-state index in [0.29, 0.717) is 19.0 Å². The number of furan rings is 1. The van der Waals surface area contributed by atoms with Crippen LogP contribution in [0.4, 0.5) is 0 Å². The number of guanidine groups is 1. The number of hydrogen-bond acceptors (Lipinski definition) is 5. The molecule has 2 N–H and O–H groups in total. The maximum absolute atomic E-state index is 5.93. The molecule has 0 radical (unpaired) electrons. The van der Waals surface area contributed by atoms with Gasteiger partial charge in [-0.15, -0.1) is 35.7 Å². The minimum Gasteiger partial charge on any atom is -0.469 e. The first-order valence-corrected chi connectivity index (χ1v) is 10.8.